The maximum absolute atomic E-state index is 14.3. The first kappa shape index (κ1) is 30.4. The van der Waals surface area contributed by atoms with Crippen molar-refractivity contribution in [3.8, 4) is 0 Å². The second kappa shape index (κ2) is 13.1. The molecule has 0 bridgehead atoms. The molecule has 0 aliphatic carbocycles. The Kier molecular flexibility index (Phi) is 10.5. The first-order valence-electron chi connectivity index (χ1n) is 10.7. The Bertz CT molecular complexity index is 1290. The van der Waals surface area contributed by atoms with Gasteiger partial charge in [0.2, 0.25) is 0 Å². The average Bonchev–Trinajstić information content (AvgIpc) is 2.84. The van der Waals surface area contributed by atoms with E-state index in [-0.39, 0.29) is 17.5 Å². The number of nitrogens with zero attached hydrogens (tertiary/aromatic N) is 4. The summed E-state index contributed by atoms with van der Waals surface area (Å²) < 4.78 is 61.6. The predicted octanol–water partition coefficient (Wildman–Crippen LogP) is 3.20. The van der Waals surface area contributed by atoms with Crippen LogP contribution in [0.1, 0.15) is 17.0 Å². The summed E-state index contributed by atoms with van der Waals surface area (Å²) in [6, 6.07) is 7.83. The normalized spacial score (nSPS) is 11.4. The third-order valence-electron chi connectivity index (χ3n) is 4.81. The van der Waals surface area contributed by atoms with Crippen LogP contribution in [0.15, 0.2) is 47.5 Å². The summed E-state index contributed by atoms with van der Waals surface area (Å²) in [7, 11) is 0. The first-order chi connectivity index (χ1) is 17.7. The predicted molar refractivity (Wildman–Crippen MR) is 129 cm³/mol. The lowest BCUT2D eigenvalue weighted by molar-refractivity contribution is -0.192. The van der Waals surface area contributed by atoms with E-state index in [1.54, 1.807) is 12.1 Å². The largest absolute Gasteiger partial charge is 0.490 e. The zero-order chi connectivity index (χ0) is 28.5. The van der Waals surface area contributed by atoms with Gasteiger partial charge in [0, 0.05) is 31.5 Å². The number of nitrogen functional groups attached to an aromatic ring is 1. The third kappa shape index (κ3) is 8.92. The van der Waals surface area contributed by atoms with E-state index in [0.29, 0.717) is 18.9 Å². The summed E-state index contributed by atoms with van der Waals surface area (Å²) in [5.74, 6) is -5.79. The van der Waals surface area contributed by atoms with E-state index in [1.165, 1.54) is 29.1 Å². The van der Waals surface area contributed by atoms with Crippen LogP contribution in [0.4, 0.5) is 33.6 Å². The van der Waals surface area contributed by atoms with Gasteiger partial charge in [0.15, 0.2) is 5.82 Å². The van der Waals surface area contributed by atoms with Crippen LogP contribution in [0.2, 0.25) is 5.15 Å². The van der Waals surface area contributed by atoms with E-state index in [9.17, 15) is 26.7 Å². The number of halogens is 6. The van der Waals surface area contributed by atoms with E-state index in [4.69, 9.17) is 27.2 Å². The minimum Gasteiger partial charge on any atom is -0.475 e. The minimum absolute atomic E-state index is 0.110. The van der Waals surface area contributed by atoms with Crippen LogP contribution in [0.5, 0.6) is 0 Å². The van der Waals surface area contributed by atoms with Gasteiger partial charge in [-0.25, -0.2) is 14.8 Å². The maximum Gasteiger partial charge on any atom is 0.490 e. The number of aromatic nitrogens is 4. The summed E-state index contributed by atoms with van der Waals surface area (Å²) in [5.41, 5.74) is 6.45. The molecule has 0 fully saturated rings. The molecule has 206 valence electrons. The van der Waals surface area contributed by atoms with Crippen molar-refractivity contribution in [3.05, 3.63) is 75.2 Å². The van der Waals surface area contributed by atoms with Gasteiger partial charge in [0.25, 0.3) is 5.56 Å². The quantitative estimate of drug-likeness (QED) is 0.227. The Morgan fingerprint density at radius 1 is 1.16 bits per heavy atom. The number of carboxylic acid groups (broad SMARTS) is 1. The topological polar surface area (TPSA) is 148 Å². The van der Waals surface area contributed by atoms with E-state index in [1.807, 2.05) is 13.0 Å². The molecule has 0 atom stereocenters. The van der Waals surface area contributed by atoms with Crippen molar-refractivity contribution in [1.29, 1.82) is 0 Å². The zero-order valence-electron chi connectivity index (χ0n) is 19.8. The Hall–Kier alpha value is -3.85. The Morgan fingerprint density at radius 2 is 1.84 bits per heavy atom. The smallest absolute Gasteiger partial charge is 0.475 e. The van der Waals surface area contributed by atoms with Crippen LogP contribution in [-0.4, -0.2) is 49.9 Å². The third-order valence-corrected chi connectivity index (χ3v) is 5.11. The molecule has 3 rings (SSSR count). The minimum atomic E-state index is -5.08. The lowest BCUT2D eigenvalue weighted by atomic mass is 10.2. The fourth-order valence-corrected chi connectivity index (χ4v) is 3.08. The van der Waals surface area contributed by atoms with Gasteiger partial charge in [-0.3, -0.25) is 14.3 Å². The number of rotatable bonds is 9. The molecule has 3 aromatic rings. The fourth-order valence-electron chi connectivity index (χ4n) is 2.87. The summed E-state index contributed by atoms with van der Waals surface area (Å²) in [6.45, 7) is 2.20. The van der Waals surface area contributed by atoms with Crippen LogP contribution >= 0.6 is 11.6 Å². The number of aliphatic carboxylic acids is 1. The monoisotopic (exact) mass is 563 g/mol. The molecule has 3 aromatic heterocycles. The molecule has 38 heavy (non-hydrogen) atoms. The van der Waals surface area contributed by atoms with Crippen molar-refractivity contribution in [2.75, 3.05) is 24.1 Å². The van der Waals surface area contributed by atoms with Gasteiger partial charge >= 0.3 is 18.1 Å². The number of nitrogens with two attached hydrogens (primary N) is 1. The molecule has 0 spiro atoms. The molecule has 0 aliphatic heterocycles. The van der Waals surface area contributed by atoms with Gasteiger partial charge < -0.3 is 21.5 Å². The first-order valence-corrected chi connectivity index (χ1v) is 11.1. The molecule has 0 amide bonds. The number of hydrogen-bond donors (Lipinski definition) is 4. The Labute approximate surface area is 217 Å². The maximum atomic E-state index is 14.3. The van der Waals surface area contributed by atoms with E-state index in [0.717, 1.165) is 11.3 Å². The molecule has 16 heteroatoms. The average molecular weight is 564 g/mol. The molecule has 0 radical (unpaired) electrons. The fraction of sp³-hybridized carbons (Fsp3) is 0.318. The molecule has 0 aliphatic rings. The number of carbonyl (C=O) groups is 1. The molecular weight excluding hydrogens is 541 g/mol. The van der Waals surface area contributed by atoms with Crippen molar-refractivity contribution in [3.63, 3.8) is 0 Å². The molecule has 5 N–H and O–H groups in total. The van der Waals surface area contributed by atoms with Crippen LogP contribution in [-0.2, 0) is 23.8 Å². The summed E-state index contributed by atoms with van der Waals surface area (Å²) in [4.78, 5) is 33.3. The van der Waals surface area contributed by atoms with Crippen molar-refractivity contribution < 1.29 is 31.9 Å². The van der Waals surface area contributed by atoms with Crippen molar-refractivity contribution in [2.24, 2.45) is 0 Å². The number of aryl methyl sites for hydroxylation is 1. The van der Waals surface area contributed by atoms with E-state index in [2.05, 4.69) is 25.6 Å². The SMILES string of the molecule is Cc1nc(N)ccc1CNCCn1c(Cl)cnc(NCC(F)(F)c2ccccn2)c1=O.O=C(O)C(F)(F)F. The summed E-state index contributed by atoms with van der Waals surface area (Å²) >= 11 is 6.09. The van der Waals surface area contributed by atoms with Crippen LogP contribution in [0, 0.1) is 6.92 Å². The highest BCUT2D eigenvalue weighted by atomic mass is 35.5. The molecule has 0 unspecified atom stereocenters. The number of carboxylic acids is 1. The number of nitrogens with one attached hydrogen (secondary N) is 2. The highest BCUT2D eigenvalue weighted by molar-refractivity contribution is 6.29. The number of alkyl halides is 5. The van der Waals surface area contributed by atoms with Gasteiger partial charge in [-0.15, -0.1) is 0 Å². The highest BCUT2D eigenvalue weighted by Gasteiger charge is 2.38. The molecule has 0 saturated heterocycles. The number of hydrogen-bond acceptors (Lipinski definition) is 8. The zero-order valence-corrected chi connectivity index (χ0v) is 20.5. The highest BCUT2D eigenvalue weighted by Crippen LogP contribution is 2.25. The number of anilines is 2. The Morgan fingerprint density at radius 3 is 2.42 bits per heavy atom. The second-order valence-corrected chi connectivity index (χ2v) is 8.01. The molecule has 3 heterocycles. The Balaban J connectivity index is 0.000000638. The van der Waals surface area contributed by atoms with Crippen molar-refractivity contribution in [1.82, 2.24) is 24.8 Å². The van der Waals surface area contributed by atoms with E-state index >= 15 is 0 Å². The lowest BCUT2D eigenvalue weighted by Gasteiger charge is -2.17. The van der Waals surface area contributed by atoms with Gasteiger partial charge in [-0.1, -0.05) is 23.7 Å². The lowest BCUT2D eigenvalue weighted by Crippen LogP contribution is -2.33. The van der Waals surface area contributed by atoms with E-state index < -0.39 is 35.9 Å². The van der Waals surface area contributed by atoms with Crippen LogP contribution in [0.3, 0.4) is 0 Å². The van der Waals surface area contributed by atoms with Crippen LogP contribution in [0.25, 0.3) is 0 Å². The summed E-state index contributed by atoms with van der Waals surface area (Å²) in [6.07, 6.45) is -2.55. The summed E-state index contributed by atoms with van der Waals surface area (Å²) in [5, 5.41) is 12.8. The van der Waals surface area contributed by atoms with Gasteiger partial charge in [-0.05, 0) is 30.7 Å². The standard InChI is InChI=1S/C20H22ClF2N7O.C2HF3O2/c1-13-14(5-6-17(24)29-13)10-25-8-9-30-16(21)11-27-18(19(30)31)28-12-20(22,23)15-4-2-3-7-26-15;3-2(4,5)1(6)7/h2-7,11,25H,8-10,12H2,1H3,(H2,24,29)(H,27,28);(H,6,7). The van der Waals surface area contributed by atoms with Gasteiger partial charge in [-0.2, -0.15) is 22.0 Å². The second-order valence-electron chi connectivity index (χ2n) is 7.62. The molecular formula is C22H23ClF5N7O3. The number of pyridine rings is 2. The van der Waals surface area contributed by atoms with Gasteiger partial charge in [0.1, 0.15) is 16.7 Å². The molecule has 0 saturated carbocycles. The van der Waals surface area contributed by atoms with Crippen molar-refractivity contribution in [2.45, 2.75) is 32.1 Å². The molecule has 0 aromatic carbocycles. The van der Waals surface area contributed by atoms with Gasteiger partial charge in [0.05, 0.1) is 12.7 Å². The molecule has 10 nitrogen and oxygen atoms in total. The van der Waals surface area contributed by atoms with Crippen LogP contribution < -0.4 is 21.9 Å². The van der Waals surface area contributed by atoms with Crippen molar-refractivity contribution >= 4 is 29.2 Å².